The van der Waals surface area contributed by atoms with Crippen molar-refractivity contribution in [1.82, 2.24) is 10.3 Å². The van der Waals surface area contributed by atoms with Crippen molar-refractivity contribution in [2.75, 3.05) is 7.11 Å². The molecule has 1 aliphatic carbocycles. The average molecular weight is 470 g/mol. The second-order valence-corrected chi connectivity index (χ2v) is 8.00. The normalized spacial score (nSPS) is 21.1. The molecule has 3 aromatic rings. The molecule has 2 atom stereocenters. The van der Waals surface area contributed by atoms with Crippen molar-refractivity contribution < 1.29 is 4.74 Å². The molecular formula is C21H15IN2O3. The number of fused-ring (bicyclic) bond motifs is 2. The van der Waals surface area contributed by atoms with Gasteiger partial charge in [-0.15, -0.1) is 0 Å². The van der Waals surface area contributed by atoms with Crippen LogP contribution in [-0.2, 0) is 4.74 Å². The molecule has 0 radical (unpaired) electrons. The molecule has 0 saturated carbocycles. The molecule has 0 fully saturated rings. The van der Waals surface area contributed by atoms with E-state index in [-0.39, 0.29) is 12.0 Å². The lowest BCUT2D eigenvalue weighted by atomic mass is 9.81. The third-order valence-corrected chi connectivity index (χ3v) is 6.01. The number of rotatable bonds is 3. The third kappa shape index (κ3) is 2.36. The monoisotopic (exact) mass is 470 g/mol. The van der Waals surface area contributed by atoms with Crippen LogP contribution in [0.5, 0.6) is 0 Å². The summed E-state index contributed by atoms with van der Waals surface area (Å²) in [6.45, 7) is 0. The third-order valence-electron chi connectivity index (χ3n) is 5.34. The molecule has 0 spiro atoms. The fraction of sp³-hybridized carbons (Fsp3) is 0.143. The smallest absolute Gasteiger partial charge is 0.235 e. The van der Waals surface area contributed by atoms with E-state index in [4.69, 9.17) is 4.74 Å². The standard InChI is InChI=1S/C21H15IN2O3/c1-27-11-3-5-17-13(7-11)15(9-24-17)19-18(20(25)21(19)26)14-8-23-16-4-2-10(22)6-12(14)16/h2-9,13,17,23-24H,1H3. The molecular weight excluding hydrogens is 455 g/mol. The summed E-state index contributed by atoms with van der Waals surface area (Å²) >= 11 is 2.25. The molecule has 27 heavy (non-hydrogen) atoms. The van der Waals surface area contributed by atoms with E-state index in [2.05, 4.69) is 32.9 Å². The van der Waals surface area contributed by atoms with Gasteiger partial charge in [0.05, 0.1) is 13.2 Å². The van der Waals surface area contributed by atoms with E-state index in [1.54, 1.807) is 7.11 Å². The Labute approximate surface area is 168 Å². The van der Waals surface area contributed by atoms with Gasteiger partial charge in [-0.2, -0.15) is 0 Å². The summed E-state index contributed by atoms with van der Waals surface area (Å²) in [5.41, 5.74) is 2.76. The molecule has 0 bridgehead atoms. The minimum Gasteiger partial charge on any atom is -0.497 e. The van der Waals surface area contributed by atoms with E-state index < -0.39 is 10.9 Å². The van der Waals surface area contributed by atoms with E-state index in [9.17, 15) is 9.59 Å². The van der Waals surface area contributed by atoms with Crippen LogP contribution in [0.3, 0.4) is 0 Å². The van der Waals surface area contributed by atoms with Gasteiger partial charge in [0.15, 0.2) is 0 Å². The van der Waals surface area contributed by atoms with Crippen LogP contribution >= 0.6 is 22.6 Å². The van der Waals surface area contributed by atoms with Gasteiger partial charge in [-0.1, -0.05) is 6.08 Å². The Morgan fingerprint density at radius 3 is 2.78 bits per heavy atom. The number of nitrogens with one attached hydrogen (secondary N) is 2. The van der Waals surface area contributed by atoms with Gasteiger partial charge >= 0.3 is 0 Å². The number of aromatic amines is 1. The van der Waals surface area contributed by atoms with Crippen LogP contribution in [-0.4, -0.2) is 18.1 Å². The Morgan fingerprint density at radius 2 is 1.96 bits per heavy atom. The zero-order valence-electron chi connectivity index (χ0n) is 14.4. The van der Waals surface area contributed by atoms with Gasteiger partial charge in [0.25, 0.3) is 0 Å². The highest BCUT2D eigenvalue weighted by atomic mass is 127. The number of aromatic nitrogens is 1. The average Bonchev–Trinajstić information content (AvgIpc) is 3.28. The highest BCUT2D eigenvalue weighted by molar-refractivity contribution is 14.1. The van der Waals surface area contributed by atoms with Crippen LogP contribution in [0.1, 0.15) is 5.56 Å². The number of H-pyrrole nitrogens is 1. The highest BCUT2D eigenvalue weighted by Crippen LogP contribution is 2.39. The van der Waals surface area contributed by atoms with Gasteiger partial charge in [0.1, 0.15) is 5.76 Å². The summed E-state index contributed by atoms with van der Waals surface area (Å²) in [5, 5.41) is 4.25. The summed E-state index contributed by atoms with van der Waals surface area (Å²) in [4.78, 5) is 28.2. The van der Waals surface area contributed by atoms with E-state index in [0.29, 0.717) is 11.1 Å². The van der Waals surface area contributed by atoms with Crippen molar-refractivity contribution >= 4 is 39.1 Å². The van der Waals surface area contributed by atoms with Crippen molar-refractivity contribution in [3.05, 3.63) is 84.2 Å². The lowest BCUT2D eigenvalue weighted by Gasteiger charge is -2.22. The largest absolute Gasteiger partial charge is 0.497 e. The number of hydrogen-bond acceptors (Lipinski definition) is 4. The minimum absolute atomic E-state index is 0.0302. The van der Waals surface area contributed by atoms with Crippen LogP contribution < -0.4 is 16.2 Å². The van der Waals surface area contributed by atoms with Crippen molar-refractivity contribution in [2.45, 2.75) is 6.04 Å². The minimum atomic E-state index is -0.420. The number of ether oxygens (including phenoxy) is 1. The van der Waals surface area contributed by atoms with E-state index in [1.165, 1.54) is 0 Å². The lowest BCUT2D eigenvalue weighted by Crippen LogP contribution is -2.38. The van der Waals surface area contributed by atoms with E-state index >= 15 is 0 Å². The molecule has 0 saturated heterocycles. The zero-order chi connectivity index (χ0) is 18.7. The van der Waals surface area contributed by atoms with Crippen LogP contribution in [0.4, 0.5) is 0 Å². The predicted octanol–water partition coefficient (Wildman–Crippen LogP) is 3.06. The van der Waals surface area contributed by atoms with Crippen LogP contribution in [0.25, 0.3) is 27.6 Å². The Hall–Kier alpha value is -2.61. The Balaban J connectivity index is 1.66. The maximum atomic E-state index is 12.5. The maximum Gasteiger partial charge on any atom is 0.235 e. The predicted molar refractivity (Wildman–Crippen MR) is 114 cm³/mol. The molecule has 0 amide bonds. The summed E-state index contributed by atoms with van der Waals surface area (Å²) in [7, 11) is 1.62. The summed E-state index contributed by atoms with van der Waals surface area (Å²) < 4.78 is 6.42. The number of methoxy groups -OCH3 is 1. The zero-order valence-corrected chi connectivity index (χ0v) is 16.5. The maximum absolute atomic E-state index is 12.5. The van der Waals surface area contributed by atoms with Crippen LogP contribution in [0, 0.1) is 9.49 Å². The molecule has 6 heteroatoms. The molecule has 1 aromatic heterocycles. The van der Waals surface area contributed by atoms with Gasteiger partial charge in [0.2, 0.25) is 10.9 Å². The van der Waals surface area contributed by atoms with Gasteiger partial charge in [-0.05, 0) is 58.5 Å². The fourth-order valence-corrected chi connectivity index (χ4v) is 4.47. The number of allylic oxidation sites excluding steroid dienone is 1. The number of benzene rings is 1. The van der Waals surface area contributed by atoms with Gasteiger partial charge < -0.3 is 15.0 Å². The number of hydrogen-bond donors (Lipinski definition) is 2. The quantitative estimate of drug-likeness (QED) is 0.456. The molecule has 2 unspecified atom stereocenters. The first kappa shape index (κ1) is 16.6. The topological polar surface area (TPSA) is 71.2 Å². The highest BCUT2D eigenvalue weighted by Gasteiger charge is 2.36. The molecule has 2 N–H and O–H groups in total. The lowest BCUT2D eigenvalue weighted by molar-refractivity contribution is 0.300. The van der Waals surface area contributed by atoms with E-state index in [1.807, 2.05) is 48.8 Å². The molecule has 2 aromatic carbocycles. The summed E-state index contributed by atoms with van der Waals surface area (Å²) in [6, 6.07) is 6.09. The van der Waals surface area contributed by atoms with Gasteiger partial charge in [-0.25, -0.2) is 0 Å². The van der Waals surface area contributed by atoms with Gasteiger partial charge in [0, 0.05) is 49.5 Å². The Morgan fingerprint density at radius 1 is 1.15 bits per heavy atom. The Kier molecular flexibility index (Phi) is 3.65. The molecule has 2 aliphatic rings. The fourth-order valence-electron chi connectivity index (χ4n) is 3.98. The summed E-state index contributed by atoms with van der Waals surface area (Å²) in [5.74, 6) is 0.727. The van der Waals surface area contributed by atoms with Crippen molar-refractivity contribution in [2.24, 2.45) is 5.92 Å². The molecule has 5 rings (SSSR count). The van der Waals surface area contributed by atoms with Gasteiger partial charge in [-0.3, -0.25) is 9.59 Å². The van der Waals surface area contributed by atoms with Crippen molar-refractivity contribution in [1.29, 1.82) is 0 Å². The molecule has 2 heterocycles. The number of halogens is 1. The summed E-state index contributed by atoms with van der Waals surface area (Å²) in [6.07, 6.45) is 9.60. The van der Waals surface area contributed by atoms with Crippen molar-refractivity contribution in [3.63, 3.8) is 0 Å². The second-order valence-electron chi connectivity index (χ2n) is 6.75. The first-order valence-corrected chi connectivity index (χ1v) is 9.67. The molecule has 134 valence electrons. The van der Waals surface area contributed by atoms with E-state index in [0.717, 1.165) is 31.4 Å². The molecule has 1 aliphatic heterocycles. The van der Waals surface area contributed by atoms with Crippen LogP contribution in [0.15, 0.2) is 64.2 Å². The first-order valence-electron chi connectivity index (χ1n) is 8.59. The molecule has 5 nitrogen and oxygen atoms in total. The Bertz CT molecular complexity index is 1250. The first-order chi connectivity index (χ1) is 13.1. The van der Waals surface area contributed by atoms with Crippen molar-refractivity contribution in [3.8, 4) is 11.1 Å². The van der Waals surface area contributed by atoms with Crippen LogP contribution in [0.2, 0.25) is 0 Å². The SMILES string of the molecule is COC1=CC2C(c3c(-c4c[nH]c5ccc(I)cc45)c(=O)c3=O)=CNC2C=C1. The second kappa shape index (κ2) is 5.95.